The van der Waals surface area contributed by atoms with Gasteiger partial charge in [0.05, 0.1) is 13.2 Å². The third kappa shape index (κ3) is 3.94. The van der Waals surface area contributed by atoms with Gasteiger partial charge < -0.3 is 24.4 Å². The molecule has 1 amide bonds. The second-order valence-electron chi connectivity index (χ2n) is 6.85. The van der Waals surface area contributed by atoms with E-state index < -0.39 is 0 Å². The van der Waals surface area contributed by atoms with E-state index in [4.69, 9.17) is 14.2 Å². The third-order valence-electron chi connectivity index (χ3n) is 4.87. The molecule has 1 aromatic carbocycles. The van der Waals surface area contributed by atoms with Crippen LogP contribution >= 0.6 is 11.3 Å². The molecule has 1 fully saturated rings. The van der Waals surface area contributed by atoms with Gasteiger partial charge in [0.2, 0.25) is 0 Å². The Labute approximate surface area is 177 Å². The minimum absolute atomic E-state index is 0.271. The summed E-state index contributed by atoms with van der Waals surface area (Å²) in [5, 5.41) is 5.36. The molecule has 2 aromatic heterocycles. The number of amides is 1. The van der Waals surface area contributed by atoms with Gasteiger partial charge in [0.1, 0.15) is 29.7 Å². The van der Waals surface area contributed by atoms with Crippen molar-refractivity contribution in [1.29, 1.82) is 0 Å². The van der Waals surface area contributed by atoms with Crippen LogP contribution in [0.4, 0.5) is 11.5 Å². The van der Waals surface area contributed by atoms with E-state index in [9.17, 15) is 4.79 Å². The van der Waals surface area contributed by atoms with E-state index in [1.54, 1.807) is 29.8 Å². The standard InChI is InChI=1S/C21H20N4O4S/c26-20(23-15-2-3-17-18(11-15)29-10-9-28-17)16-13-30-21(24-16)14-1-4-19(22-12-14)25-5-7-27-8-6-25/h1-4,11-13H,5-10H2,(H,23,26). The zero-order chi connectivity index (χ0) is 20.3. The first kappa shape index (κ1) is 18.8. The third-order valence-corrected chi connectivity index (χ3v) is 5.76. The van der Waals surface area contributed by atoms with E-state index in [2.05, 4.69) is 20.2 Å². The van der Waals surface area contributed by atoms with Crippen molar-refractivity contribution in [3.63, 3.8) is 0 Å². The van der Waals surface area contributed by atoms with E-state index in [0.29, 0.717) is 36.1 Å². The van der Waals surface area contributed by atoms with Gasteiger partial charge in [-0.05, 0) is 24.3 Å². The highest BCUT2D eigenvalue weighted by molar-refractivity contribution is 7.13. The molecule has 8 nitrogen and oxygen atoms in total. The van der Waals surface area contributed by atoms with Gasteiger partial charge in [0.25, 0.3) is 5.91 Å². The lowest BCUT2D eigenvalue weighted by Gasteiger charge is -2.27. The maximum absolute atomic E-state index is 12.6. The molecule has 4 heterocycles. The molecular weight excluding hydrogens is 404 g/mol. The van der Waals surface area contributed by atoms with E-state index in [1.165, 1.54) is 11.3 Å². The molecule has 0 radical (unpaired) electrons. The van der Waals surface area contributed by atoms with Gasteiger partial charge in [-0.1, -0.05) is 0 Å². The molecular formula is C21H20N4O4S. The first-order valence-electron chi connectivity index (χ1n) is 9.72. The SMILES string of the molecule is O=C(Nc1ccc2c(c1)OCCO2)c1csc(-c2ccc(N3CCOCC3)nc2)n1. The number of aromatic nitrogens is 2. The van der Waals surface area contributed by atoms with E-state index in [0.717, 1.165) is 42.7 Å². The summed E-state index contributed by atoms with van der Waals surface area (Å²) < 4.78 is 16.4. The first-order chi connectivity index (χ1) is 14.8. The van der Waals surface area contributed by atoms with Crippen LogP contribution in [0, 0.1) is 0 Å². The molecule has 0 spiro atoms. The van der Waals surface area contributed by atoms with E-state index in [-0.39, 0.29) is 5.91 Å². The highest BCUT2D eigenvalue weighted by Gasteiger charge is 2.17. The van der Waals surface area contributed by atoms with Crippen LogP contribution < -0.4 is 19.7 Å². The number of thiazole rings is 1. The van der Waals surface area contributed by atoms with Crippen molar-refractivity contribution in [1.82, 2.24) is 9.97 Å². The van der Waals surface area contributed by atoms with Gasteiger partial charge in [-0.25, -0.2) is 9.97 Å². The largest absolute Gasteiger partial charge is 0.486 e. The summed E-state index contributed by atoms with van der Waals surface area (Å²) >= 11 is 1.42. The van der Waals surface area contributed by atoms with E-state index >= 15 is 0 Å². The van der Waals surface area contributed by atoms with Gasteiger partial charge in [0.15, 0.2) is 11.5 Å². The predicted molar refractivity (Wildman–Crippen MR) is 114 cm³/mol. The molecule has 0 aliphatic carbocycles. The van der Waals surface area contributed by atoms with Crippen molar-refractivity contribution in [2.24, 2.45) is 0 Å². The molecule has 5 rings (SSSR count). The molecule has 1 N–H and O–H groups in total. The van der Waals surface area contributed by atoms with Crippen molar-refractivity contribution < 1.29 is 19.0 Å². The Balaban J connectivity index is 1.27. The van der Waals surface area contributed by atoms with Crippen molar-refractivity contribution >= 4 is 28.7 Å². The Morgan fingerprint density at radius 1 is 1.03 bits per heavy atom. The van der Waals surface area contributed by atoms with Crippen LogP contribution in [0.15, 0.2) is 41.9 Å². The molecule has 154 valence electrons. The Bertz CT molecular complexity index is 1050. The highest BCUT2D eigenvalue weighted by atomic mass is 32.1. The topological polar surface area (TPSA) is 85.8 Å². The van der Waals surface area contributed by atoms with Crippen molar-refractivity contribution in [3.8, 4) is 22.1 Å². The van der Waals surface area contributed by atoms with Crippen LogP contribution in [0.2, 0.25) is 0 Å². The van der Waals surface area contributed by atoms with Crippen LogP contribution in [0.3, 0.4) is 0 Å². The molecule has 0 atom stereocenters. The fourth-order valence-electron chi connectivity index (χ4n) is 3.32. The van der Waals surface area contributed by atoms with Gasteiger partial charge >= 0.3 is 0 Å². The number of carbonyl (C=O) groups is 1. The molecule has 3 aromatic rings. The second-order valence-corrected chi connectivity index (χ2v) is 7.71. The lowest BCUT2D eigenvalue weighted by atomic mass is 10.2. The number of carbonyl (C=O) groups excluding carboxylic acids is 1. The number of morpholine rings is 1. The monoisotopic (exact) mass is 424 g/mol. The zero-order valence-electron chi connectivity index (χ0n) is 16.2. The summed E-state index contributed by atoms with van der Waals surface area (Å²) in [6.45, 7) is 4.15. The molecule has 0 unspecified atom stereocenters. The Kier molecular flexibility index (Phi) is 5.20. The first-order valence-corrected chi connectivity index (χ1v) is 10.6. The summed E-state index contributed by atoms with van der Waals surface area (Å²) in [7, 11) is 0. The Hall–Kier alpha value is -3.17. The van der Waals surface area contributed by atoms with Crippen molar-refractivity contribution in [2.75, 3.05) is 49.7 Å². The average Bonchev–Trinajstić information content (AvgIpc) is 3.30. The van der Waals surface area contributed by atoms with Crippen LogP contribution in [0.1, 0.15) is 10.5 Å². The Morgan fingerprint density at radius 3 is 2.67 bits per heavy atom. The molecule has 1 saturated heterocycles. The Morgan fingerprint density at radius 2 is 1.87 bits per heavy atom. The fourth-order valence-corrected chi connectivity index (χ4v) is 4.11. The van der Waals surface area contributed by atoms with Crippen molar-refractivity contribution in [2.45, 2.75) is 0 Å². The number of nitrogens with zero attached hydrogens (tertiary/aromatic N) is 3. The number of benzene rings is 1. The number of fused-ring (bicyclic) bond motifs is 1. The number of hydrogen-bond acceptors (Lipinski definition) is 8. The lowest BCUT2D eigenvalue weighted by Crippen LogP contribution is -2.36. The number of nitrogens with one attached hydrogen (secondary N) is 1. The van der Waals surface area contributed by atoms with Gasteiger partial charge in [-0.2, -0.15) is 0 Å². The van der Waals surface area contributed by atoms with Crippen LogP contribution in [0.25, 0.3) is 10.6 Å². The summed E-state index contributed by atoms with van der Waals surface area (Å²) in [4.78, 5) is 23.8. The minimum Gasteiger partial charge on any atom is -0.486 e. The van der Waals surface area contributed by atoms with Crippen LogP contribution in [0.5, 0.6) is 11.5 Å². The quantitative estimate of drug-likeness (QED) is 0.689. The lowest BCUT2D eigenvalue weighted by molar-refractivity contribution is 0.102. The minimum atomic E-state index is -0.271. The summed E-state index contributed by atoms with van der Waals surface area (Å²) in [6, 6.07) is 9.30. The maximum Gasteiger partial charge on any atom is 0.275 e. The highest BCUT2D eigenvalue weighted by Crippen LogP contribution is 2.33. The van der Waals surface area contributed by atoms with Crippen LogP contribution in [-0.2, 0) is 4.74 Å². The average molecular weight is 424 g/mol. The second kappa shape index (κ2) is 8.29. The molecule has 30 heavy (non-hydrogen) atoms. The molecule has 0 bridgehead atoms. The summed E-state index contributed by atoms with van der Waals surface area (Å²) in [5.74, 6) is 1.97. The van der Waals surface area contributed by atoms with Gasteiger partial charge in [-0.15, -0.1) is 11.3 Å². The number of ether oxygens (including phenoxy) is 3. The zero-order valence-corrected chi connectivity index (χ0v) is 17.0. The van der Waals surface area contributed by atoms with Gasteiger partial charge in [0, 0.05) is 42.0 Å². The van der Waals surface area contributed by atoms with E-state index in [1.807, 2.05) is 12.1 Å². The summed E-state index contributed by atoms with van der Waals surface area (Å²) in [5.41, 5.74) is 1.88. The maximum atomic E-state index is 12.6. The van der Waals surface area contributed by atoms with Gasteiger partial charge in [-0.3, -0.25) is 4.79 Å². The number of hydrogen-bond donors (Lipinski definition) is 1. The molecule has 2 aliphatic heterocycles. The smallest absolute Gasteiger partial charge is 0.275 e. The number of anilines is 2. The number of rotatable bonds is 4. The fraction of sp³-hybridized carbons (Fsp3) is 0.286. The molecule has 0 saturated carbocycles. The summed E-state index contributed by atoms with van der Waals surface area (Å²) in [6.07, 6.45) is 1.80. The molecule has 2 aliphatic rings. The normalized spacial score (nSPS) is 15.7. The van der Waals surface area contributed by atoms with Crippen molar-refractivity contribution in [3.05, 3.63) is 47.6 Å². The number of pyridine rings is 1. The predicted octanol–water partition coefficient (Wildman–Crippen LogP) is 3.07. The molecule has 9 heteroatoms. The van der Waals surface area contributed by atoms with Crippen LogP contribution in [-0.4, -0.2) is 55.4 Å².